The van der Waals surface area contributed by atoms with E-state index in [1.54, 1.807) is 0 Å². The first-order valence-corrected chi connectivity index (χ1v) is 5.08. The van der Waals surface area contributed by atoms with Crippen LogP contribution in [0, 0.1) is 10.2 Å². The Balaban J connectivity index is 2.13. The smallest absolute Gasteiger partial charge is 0.238 e. The lowest BCUT2D eigenvalue weighted by Gasteiger charge is -2.22. The standard InChI is InChI=1S/C8H14N4S/c1-8(4-2-3-5-8)6-12-7(13)9-10-11-12/h2-6H2,1H3,(H,9,11,13). The van der Waals surface area contributed by atoms with E-state index in [1.165, 1.54) is 25.7 Å². The average molecular weight is 198 g/mol. The van der Waals surface area contributed by atoms with Gasteiger partial charge >= 0.3 is 0 Å². The minimum absolute atomic E-state index is 0.395. The number of hydrogen-bond donors (Lipinski definition) is 1. The van der Waals surface area contributed by atoms with Gasteiger partial charge in [0.15, 0.2) is 0 Å². The van der Waals surface area contributed by atoms with Crippen LogP contribution < -0.4 is 0 Å². The normalized spacial score (nSPS) is 20.7. The van der Waals surface area contributed by atoms with Crippen LogP contribution >= 0.6 is 12.2 Å². The van der Waals surface area contributed by atoms with Gasteiger partial charge in [0, 0.05) is 6.54 Å². The molecule has 0 unspecified atom stereocenters. The fraction of sp³-hybridized carbons (Fsp3) is 0.875. The van der Waals surface area contributed by atoms with Crippen molar-refractivity contribution in [3.05, 3.63) is 4.77 Å². The summed E-state index contributed by atoms with van der Waals surface area (Å²) in [6.07, 6.45) is 5.25. The Morgan fingerprint density at radius 3 is 2.77 bits per heavy atom. The molecular formula is C8H14N4S. The van der Waals surface area contributed by atoms with E-state index in [-0.39, 0.29) is 0 Å². The largest absolute Gasteiger partial charge is 0.242 e. The Morgan fingerprint density at radius 1 is 1.54 bits per heavy atom. The molecule has 4 nitrogen and oxygen atoms in total. The Hall–Kier alpha value is -0.710. The second kappa shape index (κ2) is 3.21. The summed E-state index contributed by atoms with van der Waals surface area (Å²) in [5.74, 6) is 0. The fourth-order valence-corrected chi connectivity index (χ4v) is 2.23. The maximum absolute atomic E-state index is 5.03. The summed E-state index contributed by atoms with van der Waals surface area (Å²) in [5, 5.41) is 10.2. The van der Waals surface area contributed by atoms with Gasteiger partial charge in [0.05, 0.1) is 0 Å². The predicted octanol–water partition coefficient (Wildman–Crippen LogP) is 1.92. The number of hydrogen-bond acceptors (Lipinski definition) is 3. The summed E-state index contributed by atoms with van der Waals surface area (Å²) in [4.78, 5) is 0. The summed E-state index contributed by atoms with van der Waals surface area (Å²) in [5.41, 5.74) is 0.395. The fourth-order valence-electron chi connectivity index (χ4n) is 2.09. The van der Waals surface area contributed by atoms with Crippen LogP contribution in [-0.2, 0) is 6.54 Å². The van der Waals surface area contributed by atoms with Crippen molar-refractivity contribution in [1.29, 1.82) is 0 Å². The van der Waals surface area contributed by atoms with Crippen molar-refractivity contribution in [2.45, 2.75) is 39.2 Å². The zero-order valence-electron chi connectivity index (χ0n) is 7.79. The first kappa shape index (κ1) is 8.87. The van der Waals surface area contributed by atoms with Crippen molar-refractivity contribution in [1.82, 2.24) is 20.2 Å². The van der Waals surface area contributed by atoms with E-state index in [0.717, 1.165) is 6.54 Å². The summed E-state index contributed by atoms with van der Waals surface area (Å²) in [7, 11) is 0. The van der Waals surface area contributed by atoms with Crippen molar-refractivity contribution in [3.8, 4) is 0 Å². The topological polar surface area (TPSA) is 46.5 Å². The van der Waals surface area contributed by atoms with Crippen LogP contribution in [0.25, 0.3) is 0 Å². The molecule has 0 saturated heterocycles. The molecule has 0 aliphatic heterocycles. The average Bonchev–Trinajstić information content (AvgIpc) is 2.64. The van der Waals surface area contributed by atoms with Crippen LogP contribution in [0.5, 0.6) is 0 Å². The first-order chi connectivity index (χ1) is 6.20. The molecule has 0 atom stereocenters. The Labute approximate surface area is 82.3 Å². The van der Waals surface area contributed by atoms with Gasteiger partial charge in [0.25, 0.3) is 0 Å². The molecule has 72 valence electrons. The summed E-state index contributed by atoms with van der Waals surface area (Å²) in [6.45, 7) is 3.24. The molecule has 1 aromatic rings. The van der Waals surface area contributed by atoms with Gasteiger partial charge in [0.1, 0.15) is 0 Å². The van der Waals surface area contributed by atoms with Crippen molar-refractivity contribution in [3.63, 3.8) is 0 Å². The summed E-state index contributed by atoms with van der Waals surface area (Å²) < 4.78 is 2.42. The SMILES string of the molecule is CC1(Cn2[nH]nnc2=S)CCCC1. The molecule has 0 spiro atoms. The van der Waals surface area contributed by atoms with E-state index in [9.17, 15) is 0 Å². The second-order valence-corrected chi connectivity index (χ2v) is 4.55. The number of tetrazole rings is 1. The summed E-state index contributed by atoms with van der Waals surface area (Å²) in [6, 6.07) is 0. The number of aromatic amines is 1. The van der Waals surface area contributed by atoms with E-state index in [0.29, 0.717) is 10.2 Å². The third-order valence-corrected chi connectivity index (χ3v) is 3.18. The minimum atomic E-state index is 0.395. The maximum Gasteiger partial charge on any atom is 0.238 e. The van der Waals surface area contributed by atoms with Crippen molar-refractivity contribution < 1.29 is 0 Å². The third-order valence-electron chi connectivity index (χ3n) is 2.88. The van der Waals surface area contributed by atoms with Crippen LogP contribution in [0.2, 0.25) is 0 Å². The van der Waals surface area contributed by atoms with E-state index in [4.69, 9.17) is 12.2 Å². The van der Waals surface area contributed by atoms with Crippen LogP contribution in [0.1, 0.15) is 32.6 Å². The van der Waals surface area contributed by atoms with Crippen molar-refractivity contribution >= 4 is 12.2 Å². The van der Waals surface area contributed by atoms with Crippen LogP contribution in [0.4, 0.5) is 0 Å². The lowest BCUT2D eigenvalue weighted by molar-refractivity contribution is 0.264. The van der Waals surface area contributed by atoms with E-state index in [1.807, 2.05) is 4.68 Å². The van der Waals surface area contributed by atoms with Gasteiger partial charge in [-0.05, 0) is 30.5 Å². The molecular weight excluding hydrogens is 184 g/mol. The van der Waals surface area contributed by atoms with Gasteiger partial charge in [0.2, 0.25) is 4.77 Å². The monoisotopic (exact) mass is 198 g/mol. The Morgan fingerprint density at radius 2 is 2.23 bits per heavy atom. The molecule has 0 amide bonds. The van der Waals surface area contributed by atoms with E-state index in [2.05, 4.69) is 22.4 Å². The van der Waals surface area contributed by atoms with E-state index >= 15 is 0 Å². The van der Waals surface area contributed by atoms with Gasteiger partial charge < -0.3 is 0 Å². The minimum Gasteiger partial charge on any atom is -0.242 e. The number of H-pyrrole nitrogens is 1. The number of rotatable bonds is 2. The summed E-state index contributed by atoms with van der Waals surface area (Å²) >= 11 is 5.03. The molecule has 2 rings (SSSR count). The molecule has 1 aliphatic rings. The highest BCUT2D eigenvalue weighted by Gasteiger charge is 2.29. The van der Waals surface area contributed by atoms with Gasteiger partial charge in [-0.1, -0.05) is 30.1 Å². The lowest BCUT2D eigenvalue weighted by atomic mass is 9.89. The van der Waals surface area contributed by atoms with E-state index < -0.39 is 0 Å². The maximum atomic E-state index is 5.03. The number of aromatic nitrogens is 4. The van der Waals surface area contributed by atoms with Gasteiger partial charge in [-0.3, -0.25) is 0 Å². The van der Waals surface area contributed by atoms with Gasteiger partial charge in [-0.25, -0.2) is 4.68 Å². The quantitative estimate of drug-likeness (QED) is 0.738. The zero-order chi connectivity index (χ0) is 9.31. The van der Waals surface area contributed by atoms with Gasteiger partial charge in [-0.15, -0.1) is 0 Å². The van der Waals surface area contributed by atoms with Crippen LogP contribution in [0.3, 0.4) is 0 Å². The van der Waals surface area contributed by atoms with Crippen LogP contribution in [-0.4, -0.2) is 20.2 Å². The van der Waals surface area contributed by atoms with Crippen molar-refractivity contribution in [2.75, 3.05) is 0 Å². The molecule has 1 saturated carbocycles. The molecule has 1 aliphatic carbocycles. The Bertz CT molecular complexity index is 334. The third kappa shape index (κ3) is 1.80. The molecule has 0 aromatic carbocycles. The zero-order valence-corrected chi connectivity index (χ0v) is 8.60. The second-order valence-electron chi connectivity index (χ2n) is 4.19. The van der Waals surface area contributed by atoms with Crippen molar-refractivity contribution in [2.24, 2.45) is 5.41 Å². The predicted molar refractivity (Wildman–Crippen MR) is 51.8 cm³/mol. The molecule has 1 fully saturated rings. The number of nitrogens with zero attached hydrogens (tertiary/aromatic N) is 3. The highest BCUT2D eigenvalue weighted by molar-refractivity contribution is 7.71. The molecule has 1 N–H and O–H groups in total. The highest BCUT2D eigenvalue weighted by atomic mass is 32.1. The molecule has 0 radical (unpaired) electrons. The molecule has 1 heterocycles. The lowest BCUT2D eigenvalue weighted by Crippen LogP contribution is -2.20. The molecule has 0 bridgehead atoms. The van der Waals surface area contributed by atoms with Gasteiger partial charge in [-0.2, -0.15) is 5.21 Å². The van der Waals surface area contributed by atoms with Crippen LogP contribution in [0.15, 0.2) is 0 Å². The molecule has 13 heavy (non-hydrogen) atoms. The number of nitrogens with one attached hydrogen (secondary N) is 1. The highest BCUT2D eigenvalue weighted by Crippen LogP contribution is 2.38. The molecule has 1 aromatic heterocycles. The first-order valence-electron chi connectivity index (χ1n) is 4.68. The Kier molecular flexibility index (Phi) is 2.19. The molecule has 5 heteroatoms.